The lowest BCUT2D eigenvalue weighted by molar-refractivity contribution is -0.145. The van der Waals surface area contributed by atoms with Crippen molar-refractivity contribution < 1.29 is 27.9 Å². The lowest BCUT2D eigenvalue weighted by atomic mass is 9.87. The average molecular weight is 399 g/mol. The number of aliphatic carboxylic acids is 1. The van der Waals surface area contributed by atoms with E-state index in [0.29, 0.717) is 22.7 Å². The molecule has 1 aromatic carbocycles. The van der Waals surface area contributed by atoms with E-state index in [9.17, 15) is 27.9 Å². The molecule has 2 aromatic rings. The highest BCUT2D eigenvalue weighted by Gasteiger charge is 2.30. The average Bonchev–Trinajstić information content (AvgIpc) is 3.06. The predicted octanol–water partition coefficient (Wildman–Crippen LogP) is 5.08. The molecule has 0 aliphatic rings. The van der Waals surface area contributed by atoms with Crippen molar-refractivity contribution in [2.45, 2.75) is 39.3 Å². The molecule has 0 amide bonds. The van der Waals surface area contributed by atoms with Crippen LogP contribution in [0, 0.1) is 11.8 Å². The molecule has 0 radical (unpaired) electrons. The molecule has 1 N–H and O–H groups in total. The maximum Gasteiger partial charge on any atom is 0.416 e. The second-order valence-electron chi connectivity index (χ2n) is 6.47. The SMILES string of the molecule is CC[C@H](C)[C@H](CC(=O)Cc1csc(-c2cccc(C(F)(F)F)c2)n1)C(=O)O. The van der Waals surface area contributed by atoms with Crippen molar-refractivity contribution in [3.05, 3.63) is 40.9 Å². The molecule has 146 valence electrons. The first-order chi connectivity index (χ1) is 12.6. The van der Waals surface area contributed by atoms with E-state index in [1.807, 2.05) is 6.92 Å². The quantitative estimate of drug-likeness (QED) is 0.672. The number of rotatable bonds is 8. The van der Waals surface area contributed by atoms with E-state index in [-0.39, 0.29) is 24.5 Å². The Morgan fingerprint density at radius 3 is 2.59 bits per heavy atom. The number of thiazole rings is 1. The first-order valence-electron chi connectivity index (χ1n) is 8.48. The molecule has 0 saturated heterocycles. The fraction of sp³-hybridized carbons (Fsp3) is 0.421. The molecule has 1 aromatic heterocycles. The number of carboxylic acid groups (broad SMARTS) is 1. The molecule has 8 heteroatoms. The van der Waals surface area contributed by atoms with E-state index < -0.39 is 23.6 Å². The zero-order valence-electron chi connectivity index (χ0n) is 14.9. The van der Waals surface area contributed by atoms with E-state index in [1.165, 1.54) is 12.1 Å². The van der Waals surface area contributed by atoms with Crippen molar-refractivity contribution in [1.29, 1.82) is 0 Å². The maximum atomic E-state index is 12.8. The number of benzene rings is 1. The Morgan fingerprint density at radius 2 is 2.00 bits per heavy atom. The molecule has 0 aliphatic heterocycles. The molecule has 4 nitrogen and oxygen atoms in total. The molecule has 1 heterocycles. The van der Waals surface area contributed by atoms with Crippen LogP contribution in [0.2, 0.25) is 0 Å². The zero-order chi connectivity index (χ0) is 20.2. The highest BCUT2D eigenvalue weighted by molar-refractivity contribution is 7.13. The second-order valence-corrected chi connectivity index (χ2v) is 7.33. The molecular weight excluding hydrogens is 379 g/mol. The van der Waals surface area contributed by atoms with Gasteiger partial charge in [0.15, 0.2) is 0 Å². The van der Waals surface area contributed by atoms with Crippen molar-refractivity contribution in [3.8, 4) is 10.6 Å². The summed E-state index contributed by atoms with van der Waals surface area (Å²) in [6.45, 7) is 3.66. The van der Waals surface area contributed by atoms with Crippen LogP contribution in [0.5, 0.6) is 0 Å². The van der Waals surface area contributed by atoms with Crippen LogP contribution in [-0.2, 0) is 22.2 Å². The fourth-order valence-corrected chi connectivity index (χ4v) is 3.50. The Hall–Kier alpha value is -2.22. The fourth-order valence-electron chi connectivity index (χ4n) is 2.69. The molecule has 0 fully saturated rings. The number of halogens is 3. The lowest BCUT2D eigenvalue weighted by Gasteiger charge is -2.17. The summed E-state index contributed by atoms with van der Waals surface area (Å²) >= 11 is 1.15. The van der Waals surface area contributed by atoms with Crippen LogP contribution in [0.15, 0.2) is 29.6 Å². The van der Waals surface area contributed by atoms with Crippen molar-refractivity contribution in [2.75, 3.05) is 0 Å². The third kappa shape index (κ3) is 5.63. The van der Waals surface area contributed by atoms with Crippen molar-refractivity contribution in [3.63, 3.8) is 0 Å². The van der Waals surface area contributed by atoms with Crippen LogP contribution in [0.1, 0.15) is 37.9 Å². The van der Waals surface area contributed by atoms with Gasteiger partial charge in [0.05, 0.1) is 17.2 Å². The van der Waals surface area contributed by atoms with Crippen molar-refractivity contribution in [1.82, 2.24) is 4.98 Å². The van der Waals surface area contributed by atoms with Gasteiger partial charge in [-0.1, -0.05) is 32.4 Å². The minimum Gasteiger partial charge on any atom is -0.481 e. The van der Waals surface area contributed by atoms with Crippen LogP contribution in [0.25, 0.3) is 10.6 Å². The summed E-state index contributed by atoms with van der Waals surface area (Å²) in [5.41, 5.74) is 0.00734. The number of ketones is 1. The number of hydrogen-bond acceptors (Lipinski definition) is 4. The van der Waals surface area contributed by atoms with Crippen LogP contribution in [0.4, 0.5) is 13.2 Å². The van der Waals surface area contributed by atoms with Gasteiger partial charge in [-0.15, -0.1) is 11.3 Å². The lowest BCUT2D eigenvalue weighted by Crippen LogP contribution is -2.25. The predicted molar refractivity (Wildman–Crippen MR) is 96.5 cm³/mol. The number of aromatic nitrogens is 1. The van der Waals surface area contributed by atoms with E-state index in [4.69, 9.17) is 0 Å². The number of alkyl halides is 3. The third-order valence-electron chi connectivity index (χ3n) is 4.46. The van der Waals surface area contributed by atoms with Gasteiger partial charge in [-0.05, 0) is 18.1 Å². The summed E-state index contributed by atoms with van der Waals surface area (Å²) in [5, 5.41) is 11.3. The van der Waals surface area contributed by atoms with Gasteiger partial charge in [-0.25, -0.2) is 4.98 Å². The Bertz CT molecular complexity index is 817. The minimum absolute atomic E-state index is 0.0321. The minimum atomic E-state index is -4.44. The van der Waals surface area contributed by atoms with Crippen molar-refractivity contribution in [2.24, 2.45) is 11.8 Å². The smallest absolute Gasteiger partial charge is 0.416 e. The van der Waals surface area contributed by atoms with Crippen molar-refractivity contribution >= 4 is 23.1 Å². The Balaban J connectivity index is 2.10. The van der Waals surface area contributed by atoms with Crippen LogP contribution in [-0.4, -0.2) is 21.8 Å². The van der Waals surface area contributed by atoms with Gasteiger partial charge in [0.25, 0.3) is 0 Å². The van der Waals surface area contributed by atoms with Gasteiger partial charge in [-0.2, -0.15) is 13.2 Å². The molecule has 0 spiro atoms. The van der Waals surface area contributed by atoms with Crippen LogP contribution < -0.4 is 0 Å². The van der Waals surface area contributed by atoms with E-state index in [0.717, 1.165) is 23.5 Å². The van der Waals surface area contributed by atoms with Gasteiger partial charge in [0.2, 0.25) is 0 Å². The summed E-state index contributed by atoms with van der Waals surface area (Å²) in [4.78, 5) is 27.8. The number of hydrogen-bond donors (Lipinski definition) is 1. The maximum absolute atomic E-state index is 12.8. The third-order valence-corrected chi connectivity index (χ3v) is 5.40. The Kier molecular flexibility index (Phi) is 6.75. The van der Waals surface area contributed by atoms with Gasteiger partial charge in [0, 0.05) is 23.8 Å². The highest BCUT2D eigenvalue weighted by atomic mass is 32.1. The molecule has 0 saturated carbocycles. The first kappa shape index (κ1) is 21.1. The zero-order valence-corrected chi connectivity index (χ0v) is 15.7. The summed E-state index contributed by atoms with van der Waals surface area (Å²) in [7, 11) is 0. The van der Waals surface area contributed by atoms with E-state index in [1.54, 1.807) is 12.3 Å². The number of carboxylic acids is 1. The number of nitrogens with zero attached hydrogens (tertiary/aromatic N) is 1. The molecular formula is C19H20F3NO3S. The second kappa shape index (κ2) is 8.65. The van der Waals surface area contributed by atoms with Gasteiger partial charge < -0.3 is 5.11 Å². The van der Waals surface area contributed by atoms with Gasteiger partial charge >= 0.3 is 12.1 Å². The molecule has 27 heavy (non-hydrogen) atoms. The summed E-state index contributed by atoms with van der Waals surface area (Å²) in [6, 6.07) is 4.85. The molecule has 0 unspecified atom stereocenters. The number of Topliss-reactive ketones (excluding diaryl/α,β-unsaturated/α-hetero) is 1. The standard InChI is InChI=1S/C19H20F3NO3S/c1-3-11(2)16(18(25)26)9-15(24)8-14-10-27-17(23-14)12-5-4-6-13(7-12)19(20,21)22/h4-7,10-11,16H,3,8-9H2,1-2H3,(H,25,26)/t11-,16-/m0/s1. The normalized spacial score (nSPS) is 14.0. The van der Waals surface area contributed by atoms with Gasteiger partial charge in [-0.3, -0.25) is 9.59 Å². The van der Waals surface area contributed by atoms with E-state index >= 15 is 0 Å². The Morgan fingerprint density at radius 1 is 1.30 bits per heavy atom. The molecule has 0 aliphatic carbocycles. The molecule has 0 bridgehead atoms. The highest BCUT2D eigenvalue weighted by Crippen LogP contribution is 2.33. The number of carbonyl (C=O) groups is 2. The monoisotopic (exact) mass is 399 g/mol. The Labute approximate surface area is 159 Å². The topological polar surface area (TPSA) is 67.3 Å². The summed E-state index contributed by atoms with van der Waals surface area (Å²) in [6.07, 6.45) is -3.90. The largest absolute Gasteiger partial charge is 0.481 e. The van der Waals surface area contributed by atoms with Gasteiger partial charge in [0.1, 0.15) is 10.8 Å². The molecule has 2 rings (SSSR count). The molecule has 2 atom stereocenters. The van der Waals surface area contributed by atoms with E-state index in [2.05, 4.69) is 4.98 Å². The summed E-state index contributed by atoms with van der Waals surface area (Å²) in [5.74, 6) is -2.11. The number of carbonyl (C=O) groups excluding carboxylic acids is 1. The summed E-state index contributed by atoms with van der Waals surface area (Å²) < 4.78 is 38.5. The van der Waals surface area contributed by atoms with Crippen LogP contribution >= 0.6 is 11.3 Å². The first-order valence-corrected chi connectivity index (χ1v) is 9.36. The van der Waals surface area contributed by atoms with Crippen LogP contribution in [0.3, 0.4) is 0 Å².